The van der Waals surface area contributed by atoms with Gasteiger partial charge in [0.1, 0.15) is 4.90 Å². The van der Waals surface area contributed by atoms with Gasteiger partial charge >= 0.3 is 6.36 Å². The zero-order valence-corrected chi connectivity index (χ0v) is 10.9. The second-order valence-corrected chi connectivity index (χ2v) is 6.14. The first-order valence-corrected chi connectivity index (χ1v) is 6.91. The van der Waals surface area contributed by atoms with Crippen LogP contribution in [0.3, 0.4) is 0 Å². The number of alkyl halides is 3. The summed E-state index contributed by atoms with van der Waals surface area (Å²) in [5.74, 6) is -0.993. The summed E-state index contributed by atoms with van der Waals surface area (Å²) in [5.41, 5.74) is 4.82. The molecule has 96 valence electrons. The van der Waals surface area contributed by atoms with Crippen molar-refractivity contribution in [1.82, 2.24) is 0 Å². The highest BCUT2D eigenvalue weighted by Gasteiger charge is 2.35. The smallest absolute Gasteiger partial charge is 0.403 e. The summed E-state index contributed by atoms with van der Waals surface area (Å²) in [7, 11) is 0.527. The van der Waals surface area contributed by atoms with Crippen LogP contribution in [-0.2, 0) is 9.05 Å². The van der Waals surface area contributed by atoms with Gasteiger partial charge < -0.3 is 10.5 Å². The van der Waals surface area contributed by atoms with Crippen molar-refractivity contribution in [1.29, 1.82) is 0 Å². The Hall–Kier alpha value is -0.670. The molecule has 0 aliphatic heterocycles. The minimum absolute atomic E-state index is 0.233. The maximum Gasteiger partial charge on any atom is 0.573 e. The van der Waals surface area contributed by atoms with E-state index in [0.29, 0.717) is 0 Å². The van der Waals surface area contributed by atoms with Gasteiger partial charge in [-0.15, -0.1) is 13.2 Å². The third kappa shape index (κ3) is 3.65. The molecule has 0 fully saturated rings. The van der Waals surface area contributed by atoms with E-state index in [9.17, 15) is 21.6 Å². The molecule has 17 heavy (non-hydrogen) atoms. The molecule has 0 atom stereocenters. The van der Waals surface area contributed by atoms with Crippen molar-refractivity contribution in [3.8, 4) is 5.75 Å². The van der Waals surface area contributed by atoms with Crippen LogP contribution in [-0.4, -0.2) is 14.8 Å². The molecule has 0 aliphatic rings. The summed E-state index contributed by atoms with van der Waals surface area (Å²) >= 11 is 2.72. The van der Waals surface area contributed by atoms with Crippen LogP contribution in [0.15, 0.2) is 21.5 Å². The highest BCUT2D eigenvalue weighted by atomic mass is 79.9. The molecular formula is C7H4BrClF3NO3S. The second-order valence-electron chi connectivity index (χ2n) is 2.78. The number of anilines is 1. The van der Waals surface area contributed by atoms with E-state index in [1.54, 1.807) is 0 Å². The second kappa shape index (κ2) is 4.54. The van der Waals surface area contributed by atoms with E-state index in [1.807, 2.05) is 0 Å². The predicted molar refractivity (Wildman–Crippen MR) is 58.3 cm³/mol. The molecule has 1 aromatic rings. The van der Waals surface area contributed by atoms with E-state index in [1.165, 1.54) is 0 Å². The van der Waals surface area contributed by atoms with Gasteiger partial charge in [0.05, 0.1) is 10.2 Å². The van der Waals surface area contributed by atoms with Crippen molar-refractivity contribution in [3.63, 3.8) is 0 Å². The van der Waals surface area contributed by atoms with E-state index >= 15 is 0 Å². The van der Waals surface area contributed by atoms with Crippen LogP contribution < -0.4 is 10.5 Å². The molecular weight excluding hydrogens is 350 g/mol. The Labute approximate surface area is 107 Å². The molecule has 10 heteroatoms. The Morgan fingerprint density at radius 2 is 1.88 bits per heavy atom. The lowest BCUT2D eigenvalue weighted by molar-refractivity contribution is -0.275. The van der Waals surface area contributed by atoms with Gasteiger partial charge in [-0.1, -0.05) is 0 Å². The Morgan fingerprint density at radius 1 is 1.35 bits per heavy atom. The molecule has 0 amide bonds. The number of rotatable bonds is 2. The monoisotopic (exact) mass is 353 g/mol. The molecule has 0 bridgehead atoms. The van der Waals surface area contributed by atoms with Crippen molar-refractivity contribution in [2.24, 2.45) is 0 Å². The summed E-state index contributed by atoms with van der Waals surface area (Å²) < 4.78 is 61.9. The van der Waals surface area contributed by atoms with Crippen molar-refractivity contribution >= 4 is 41.4 Å². The number of nitrogens with two attached hydrogens (primary N) is 1. The summed E-state index contributed by atoms with van der Waals surface area (Å²) in [6, 6.07) is 2.20. The molecule has 0 aliphatic carbocycles. The zero-order valence-electron chi connectivity index (χ0n) is 7.75. The summed E-state index contributed by atoms with van der Waals surface area (Å²) in [4.78, 5) is -0.925. The molecule has 0 radical (unpaired) electrons. The van der Waals surface area contributed by atoms with E-state index in [2.05, 4.69) is 20.7 Å². The topological polar surface area (TPSA) is 69.4 Å². The SMILES string of the molecule is Nc1ccc(Br)c(OC(F)(F)F)c1S(=O)(=O)Cl. The van der Waals surface area contributed by atoms with E-state index in [-0.39, 0.29) is 4.47 Å². The predicted octanol–water partition coefficient (Wildman–Crippen LogP) is 2.86. The van der Waals surface area contributed by atoms with Crippen LogP contribution in [0.1, 0.15) is 0 Å². The summed E-state index contributed by atoms with van der Waals surface area (Å²) in [5, 5.41) is 0. The highest BCUT2D eigenvalue weighted by Crippen LogP contribution is 2.40. The molecule has 1 rings (SSSR count). The van der Waals surface area contributed by atoms with Gasteiger partial charge in [-0.3, -0.25) is 0 Å². The van der Waals surface area contributed by atoms with Crippen LogP contribution in [0.2, 0.25) is 0 Å². The largest absolute Gasteiger partial charge is 0.573 e. The Morgan fingerprint density at radius 3 is 2.29 bits per heavy atom. The van der Waals surface area contributed by atoms with Crippen molar-refractivity contribution in [3.05, 3.63) is 16.6 Å². The average Bonchev–Trinajstić information content (AvgIpc) is 2.06. The number of hydrogen-bond acceptors (Lipinski definition) is 4. The molecule has 0 saturated heterocycles. The Kier molecular flexibility index (Phi) is 3.84. The standard InChI is InChI=1S/C7H4BrClF3NO3S/c8-3-1-2-4(13)6(17(9,14)15)5(3)16-7(10,11)12/h1-2H,13H2. The van der Waals surface area contributed by atoms with Crippen molar-refractivity contribution in [2.45, 2.75) is 11.3 Å². The molecule has 0 heterocycles. The van der Waals surface area contributed by atoms with Gasteiger partial charge in [0.25, 0.3) is 9.05 Å². The lowest BCUT2D eigenvalue weighted by atomic mass is 10.3. The quantitative estimate of drug-likeness (QED) is 0.655. The first-order chi connectivity index (χ1) is 7.52. The lowest BCUT2D eigenvalue weighted by Gasteiger charge is -2.14. The molecule has 0 spiro atoms. The highest BCUT2D eigenvalue weighted by molar-refractivity contribution is 9.10. The fraction of sp³-hybridized carbons (Fsp3) is 0.143. The van der Waals surface area contributed by atoms with E-state index < -0.39 is 31.7 Å². The maximum absolute atomic E-state index is 12.1. The minimum Gasteiger partial charge on any atom is -0.403 e. The van der Waals surface area contributed by atoms with Crippen LogP contribution in [0.25, 0.3) is 0 Å². The molecule has 2 N–H and O–H groups in total. The third-order valence-electron chi connectivity index (χ3n) is 1.56. The molecule has 1 aromatic carbocycles. The summed E-state index contributed by atoms with van der Waals surface area (Å²) in [6.07, 6.45) is -5.06. The normalized spacial score (nSPS) is 12.5. The van der Waals surface area contributed by atoms with Crippen LogP contribution in [0.5, 0.6) is 5.75 Å². The van der Waals surface area contributed by atoms with Gasteiger partial charge in [0.15, 0.2) is 5.75 Å². The molecule has 0 aromatic heterocycles. The van der Waals surface area contributed by atoms with Gasteiger partial charge in [0, 0.05) is 10.7 Å². The first kappa shape index (κ1) is 14.4. The fourth-order valence-corrected chi connectivity index (χ4v) is 2.76. The average molecular weight is 355 g/mol. The van der Waals surface area contributed by atoms with Gasteiger partial charge in [0.2, 0.25) is 0 Å². The molecule has 4 nitrogen and oxygen atoms in total. The van der Waals surface area contributed by atoms with Gasteiger partial charge in [-0.2, -0.15) is 0 Å². The number of nitrogen functional groups attached to an aromatic ring is 1. The van der Waals surface area contributed by atoms with Crippen LogP contribution in [0, 0.1) is 0 Å². The van der Waals surface area contributed by atoms with Crippen molar-refractivity contribution < 1.29 is 26.3 Å². The van der Waals surface area contributed by atoms with Crippen LogP contribution >= 0.6 is 26.6 Å². The maximum atomic E-state index is 12.1. The van der Waals surface area contributed by atoms with Crippen molar-refractivity contribution in [2.75, 3.05) is 5.73 Å². The Balaban J connectivity index is 3.52. The molecule has 0 unspecified atom stereocenters. The number of hydrogen-bond donors (Lipinski definition) is 1. The van der Waals surface area contributed by atoms with Gasteiger partial charge in [-0.25, -0.2) is 8.42 Å². The number of ether oxygens (including phenoxy) is 1. The van der Waals surface area contributed by atoms with Crippen LogP contribution in [0.4, 0.5) is 18.9 Å². The number of benzene rings is 1. The van der Waals surface area contributed by atoms with E-state index in [4.69, 9.17) is 16.4 Å². The first-order valence-electron chi connectivity index (χ1n) is 3.81. The fourth-order valence-electron chi connectivity index (χ4n) is 1.02. The van der Waals surface area contributed by atoms with Gasteiger partial charge in [-0.05, 0) is 28.1 Å². The lowest BCUT2D eigenvalue weighted by Crippen LogP contribution is -2.19. The zero-order chi connectivity index (χ0) is 13.4. The van der Waals surface area contributed by atoms with E-state index in [0.717, 1.165) is 12.1 Å². The molecule has 0 saturated carbocycles. The number of halogens is 5. The minimum atomic E-state index is -5.06. The third-order valence-corrected chi connectivity index (χ3v) is 3.55. The Bertz CT molecular complexity index is 546. The summed E-state index contributed by atoms with van der Waals surface area (Å²) in [6.45, 7) is 0.